The van der Waals surface area contributed by atoms with Crippen molar-refractivity contribution in [3.05, 3.63) is 88.0 Å². The lowest BCUT2D eigenvalue weighted by Gasteiger charge is -2.14. The molecule has 0 saturated carbocycles. The molecule has 6 nitrogen and oxygen atoms in total. The van der Waals surface area contributed by atoms with Crippen LogP contribution < -0.4 is 5.32 Å². The number of esters is 1. The quantitative estimate of drug-likeness (QED) is 0.381. The number of hydrogen-bond donors (Lipinski definition) is 1. The van der Waals surface area contributed by atoms with Crippen molar-refractivity contribution in [3.8, 4) is 11.3 Å². The minimum atomic E-state index is -0.622. The highest BCUT2D eigenvalue weighted by Gasteiger charge is 2.21. The minimum absolute atomic E-state index is 0.309. The van der Waals surface area contributed by atoms with Crippen LogP contribution in [0.4, 0.5) is 5.82 Å². The molecule has 2 aromatic carbocycles. The largest absolute Gasteiger partial charge is 0.452 e. The van der Waals surface area contributed by atoms with E-state index in [2.05, 4.69) is 10.3 Å². The number of amides is 1. The van der Waals surface area contributed by atoms with Gasteiger partial charge in [0.05, 0.1) is 21.8 Å². The molecule has 0 atom stereocenters. The van der Waals surface area contributed by atoms with Crippen LogP contribution in [0.3, 0.4) is 0 Å². The predicted molar refractivity (Wildman–Crippen MR) is 125 cm³/mol. The van der Waals surface area contributed by atoms with E-state index >= 15 is 0 Å². The van der Waals surface area contributed by atoms with E-state index in [0.717, 1.165) is 5.56 Å². The Morgan fingerprint density at radius 1 is 1.00 bits per heavy atom. The first-order valence-electron chi connectivity index (χ1n) is 9.66. The van der Waals surface area contributed by atoms with E-state index in [1.54, 1.807) is 37.3 Å². The molecule has 0 aliphatic heterocycles. The van der Waals surface area contributed by atoms with Crippen LogP contribution in [0.15, 0.2) is 66.9 Å². The Balaban J connectivity index is 1.62. The lowest BCUT2D eigenvalue weighted by Crippen LogP contribution is -2.22. The van der Waals surface area contributed by atoms with Crippen LogP contribution in [0, 0.1) is 6.92 Å². The molecular weight excluding hydrogens is 449 g/mol. The molecule has 0 bridgehead atoms. The fourth-order valence-corrected chi connectivity index (χ4v) is 3.62. The molecule has 0 aliphatic rings. The van der Waals surface area contributed by atoms with E-state index in [9.17, 15) is 9.59 Å². The zero-order valence-corrected chi connectivity index (χ0v) is 18.4. The van der Waals surface area contributed by atoms with Gasteiger partial charge in [0.1, 0.15) is 5.82 Å². The van der Waals surface area contributed by atoms with Crippen molar-refractivity contribution in [2.45, 2.75) is 6.92 Å². The summed E-state index contributed by atoms with van der Waals surface area (Å²) in [5.74, 6) is -0.827. The van der Waals surface area contributed by atoms with Gasteiger partial charge in [0.15, 0.2) is 6.61 Å². The van der Waals surface area contributed by atoms with Crippen LogP contribution >= 0.6 is 23.2 Å². The molecule has 4 rings (SSSR count). The van der Waals surface area contributed by atoms with Crippen molar-refractivity contribution in [2.24, 2.45) is 0 Å². The number of rotatable bonds is 5. The zero-order chi connectivity index (χ0) is 22.7. The van der Waals surface area contributed by atoms with Gasteiger partial charge in [0.25, 0.3) is 5.91 Å². The summed E-state index contributed by atoms with van der Waals surface area (Å²) in [5, 5.41) is 4.21. The summed E-state index contributed by atoms with van der Waals surface area (Å²) in [7, 11) is 0. The van der Waals surface area contributed by atoms with Gasteiger partial charge in [-0.3, -0.25) is 4.79 Å². The number of pyridine rings is 2. The summed E-state index contributed by atoms with van der Waals surface area (Å²) in [6.07, 6.45) is 1.41. The average Bonchev–Trinajstić information content (AvgIpc) is 2.78. The van der Waals surface area contributed by atoms with Crippen molar-refractivity contribution >= 4 is 51.8 Å². The van der Waals surface area contributed by atoms with E-state index in [-0.39, 0.29) is 0 Å². The van der Waals surface area contributed by atoms with E-state index in [4.69, 9.17) is 32.9 Å². The van der Waals surface area contributed by atoms with Crippen molar-refractivity contribution < 1.29 is 14.3 Å². The van der Waals surface area contributed by atoms with Gasteiger partial charge in [-0.05, 0) is 42.8 Å². The number of carbonyl (C=O) groups is 2. The average molecular weight is 466 g/mol. The topological polar surface area (TPSA) is 81.2 Å². The summed E-state index contributed by atoms with van der Waals surface area (Å²) in [6.45, 7) is 1.33. The molecule has 8 heteroatoms. The van der Waals surface area contributed by atoms with Gasteiger partial charge in [-0.25, -0.2) is 14.8 Å². The second kappa shape index (κ2) is 9.34. The number of anilines is 1. The number of fused-ring (bicyclic) bond motifs is 1. The Morgan fingerprint density at radius 2 is 1.81 bits per heavy atom. The number of carbonyl (C=O) groups excluding carboxylic acids is 2. The number of nitrogens with zero attached hydrogens (tertiary/aromatic N) is 2. The second-order valence-electron chi connectivity index (χ2n) is 6.97. The van der Waals surface area contributed by atoms with Crippen molar-refractivity contribution in [3.63, 3.8) is 0 Å². The Hall–Kier alpha value is -3.48. The first kappa shape index (κ1) is 21.7. The third-order valence-corrected chi connectivity index (χ3v) is 5.23. The zero-order valence-electron chi connectivity index (χ0n) is 16.9. The van der Waals surface area contributed by atoms with Crippen molar-refractivity contribution in [1.29, 1.82) is 0 Å². The van der Waals surface area contributed by atoms with Gasteiger partial charge >= 0.3 is 5.97 Å². The van der Waals surface area contributed by atoms with Crippen LogP contribution in [0.25, 0.3) is 22.2 Å². The van der Waals surface area contributed by atoms with Crippen LogP contribution in [0.2, 0.25) is 10.0 Å². The Labute approximate surface area is 194 Å². The Morgan fingerprint density at radius 3 is 2.56 bits per heavy atom. The maximum atomic E-state index is 13.0. The number of para-hydroxylation sites is 1. The van der Waals surface area contributed by atoms with Crippen LogP contribution in [0.5, 0.6) is 0 Å². The van der Waals surface area contributed by atoms with Crippen LogP contribution in [-0.4, -0.2) is 28.5 Å². The molecule has 32 heavy (non-hydrogen) atoms. The monoisotopic (exact) mass is 465 g/mol. The highest BCUT2D eigenvalue weighted by Crippen LogP contribution is 2.31. The second-order valence-corrected chi connectivity index (χ2v) is 7.85. The van der Waals surface area contributed by atoms with Gasteiger partial charge in [-0.15, -0.1) is 0 Å². The summed E-state index contributed by atoms with van der Waals surface area (Å²) < 4.78 is 5.33. The fourth-order valence-electron chi connectivity index (χ4n) is 3.32. The molecule has 0 spiro atoms. The maximum Gasteiger partial charge on any atom is 0.339 e. The predicted octanol–water partition coefficient (Wildman–Crippen LogP) is 5.71. The summed E-state index contributed by atoms with van der Waals surface area (Å²) >= 11 is 11.9. The first-order chi connectivity index (χ1) is 15.4. The normalized spacial score (nSPS) is 10.7. The Bertz CT molecular complexity index is 1320. The van der Waals surface area contributed by atoms with Crippen LogP contribution in [-0.2, 0) is 9.53 Å². The van der Waals surface area contributed by atoms with Gasteiger partial charge in [-0.2, -0.15) is 0 Å². The lowest BCUT2D eigenvalue weighted by atomic mass is 9.98. The number of ether oxygens (including phenoxy) is 1. The third-order valence-electron chi connectivity index (χ3n) is 4.77. The van der Waals surface area contributed by atoms with E-state index in [1.165, 1.54) is 6.20 Å². The molecule has 0 saturated heterocycles. The molecule has 4 aromatic rings. The molecule has 2 heterocycles. The molecule has 1 N–H and O–H groups in total. The number of aromatic nitrogens is 2. The fraction of sp³-hybridized carbons (Fsp3) is 0.0833. The van der Waals surface area contributed by atoms with Gasteiger partial charge in [0.2, 0.25) is 0 Å². The van der Waals surface area contributed by atoms with Crippen LogP contribution in [0.1, 0.15) is 15.9 Å². The molecule has 0 aliphatic carbocycles. The Kier molecular flexibility index (Phi) is 6.35. The number of hydrogen-bond acceptors (Lipinski definition) is 5. The smallest absolute Gasteiger partial charge is 0.339 e. The van der Waals surface area contributed by atoms with Gasteiger partial charge in [0, 0.05) is 22.2 Å². The van der Waals surface area contributed by atoms with E-state index in [0.29, 0.717) is 43.6 Å². The molecular formula is C24H17Cl2N3O3. The molecule has 0 fully saturated rings. The van der Waals surface area contributed by atoms with E-state index in [1.807, 2.05) is 30.3 Å². The molecule has 0 radical (unpaired) electrons. The number of benzene rings is 2. The standard InChI is InChI=1S/C24H17Cl2N3O3/c1-14-22(24(31)32-13-21(30)29-20-10-9-17(26)12-27-20)18-7-2-3-8-19(18)28-23(14)15-5-4-6-16(25)11-15/h2-12H,13H2,1H3,(H,27,29,30). The lowest BCUT2D eigenvalue weighted by molar-refractivity contribution is -0.119. The summed E-state index contributed by atoms with van der Waals surface area (Å²) in [4.78, 5) is 34.0. The van der Waals surface area contributed by atoms with Crippen molar-refractivity contribution in [1.82, 2.24) is 9.97 Å². The summed E-state index contributed by atoms with van der Waals surface area (Å²) in [6, 6.07) is 17.7. The molecule has 160 valence electrons. The first-order valence-corrected chi connectivity index (χ1v) is 10.4. The van der Waals surface area contributed by atoms with Gasteiger partial charge < -0.3 is 10.1 Å². The molecule has 0 unspecified atom stereocenters. The number of nitrogens with one attached hydrogen (secondary N) is 1. The highest BCUT2D eigenvalue weighted by molar-refractivity contribution is 6.31. The summed E-state index contributed by atoms with van der Waals surface area (Å²) in [5.41, 5.74) is 3.02. The maximum absolute atomic E-state index is 13.0. The van der Waals surface area contributed by atoms with E-state index < -0.39 is 18.5 Å². The SMILES string of the molecule is Cc1c(-c2cccc(Cl)c2)nc2ccccc2c1C(=O)OCC(=O)Nc1ccc(Cl)cn1. The van der Waals surface area contributed by atoms with Crippen molar-refractivity contribution in [2.75, 3.05) is 11.9 Å². The highest BCUT2D eigenvalue weighted by atomic mass is 35.5. The molecule has 1 amide bonds. The molecule has 2 aromatic heterocycles. The van der Waals surface area contributed by atoms with Gasteiger partial charge in [-0.1, -0.05) is 53.5 Å². The number of halogens is 2. The third kappa shape index (κ3) is 4.72. The minimum Gasteiger partial charge on any atom is -0.452 e.